The number of para-hydroxylation sites is 1. The van der Waals surface area contributed by atoms with Crippen LogP contribution in [0.4, 0.5) is 10.8 Å². The molecule has 128 valence electrons. The SMILES string of the molecule is Nc1nc(-c2cccc(NC(=O)c3cc4ccccc4oc3=O)c2)cs1. The number of anilines is 2. The largest absolute Gasteiger partial charge is 0.422 e. The third-order valence-electron chi connectivity index (χ3n) is 3.82. The van der Waals surface area contributed by atoms with Gasteiger partial charge in [-0.1, -0.05) is 30.3 Å². The van der Waals surface area contributed by atoms with Crippen LogP contribution in [0.2, 0.25) is 0 Å². The molecule has 2 heterocycles. The van der Waals surface area contributed by atoms with Gasteiger partial charge in [-0.15, -0.1) is 11.3 Å². The second-order valence-corrected chi connectivity index (χ2v) is 6.48. The molecule has 1 amide bonds. The highest BCUT2D eigenvalue weighted by Crippen LogP contribution is 2.25. The molecule has 0 saturated carbocycles. The van der Waals surface area contributed by atoms with Crippen molar-refractivity contribution in [3.8, 4) is 11.3 Å². The van der Waals surface area contributed by atoms with E-state index in [1.54, 1.807) is 36.4 Å². The average molecular weight is 363 g/mol. The molecule has 0 aliphatic rings. The zero-order valence-electron chi connectivity index (χ0n) is 13.4. The number of nitrogens with zero attached hydrogens (tertiary/aromatic N) is 1. The molecule has 2 aromatic heterocycles. The van der Waals surface area contributed by atoms with Gasteiger partial charge in [-0.3, -0.25) is 4.79 Å². The average Bonchev–Trinajstić information content (AvgIpc) is 3.08. The van der Waals surface area contributed by atoms with Crippen LogP contribution in [-0.4, -0.2) is 10.9 Å². The monoisotopic (exact) mass is 363 g/mol. The molecule has 0 radical (unpaired) electrons. The van der Waals surface area contributed by atoms with Gasteiger partial charge in [-0.2, -0.15) is 0 Å². The molecular formula is C19H13N3O3S. The van der Waals surface area contributed by atoms with Crippen molar-refractivity contribution in [2.75, 3.05) is 11.1 Å². The van der Waals surface area contributed by atoms with Crippen molar-refractivity contribution < 1.29 is 9.21 Å². The fourth-order valence-corrected chi connectivity index (χ4v) is 3.17. The highest BCUT2D eigenvalue weighted by molar-refractivity contribution is 7.13. The summed E-state index contributed by atoms with van der Waals surface area (Å²) in [5, 5.41) is 5.73. The van der Waals surface area contributed by atoms with Gasteiger partial charge in [0.15, 0.2) is 5.13 Å². The van der Waals surface area contributed by atoms with E-state index >= 15 is 0 Å². The highest BCUT2D eigenvalue weighted by Gasteiger charge is 2.14. The standard InChI is InChI=1S/C19H13N3O3S/c20-19-22-15(10-26-19)11-5-3-6-13(8-11)21-17(23)14-9-12-4-1-2-7-16(12)25-18(14)24/h1-10H,(H2,20,22)(H,21,23). The molecule has 0 atom stereocenters. The Balaban J connectivity index is 1.64. The number of thiazole rings is 1. The molecule has 4 rings (SSSR count). The Morgan fingerprint density at radius 3 is 2.77 bits per heavy atom. The summed E-state index contributed by atoms with van der Waals surface area (Å²) in [6.07, 6.45) is 0. The topological polar surface area (TPSA) is 98.2 Å². The summed E-state index contributed by atoms with van der Waals surface area (Å²) in [5.41, 5.74) is 7.48. The van der Waals surface area contributed by atoms with Crippen molar-refractivity contribution in [1.82, 2.24) is 4.98 Å². The molecule has 0 aliphatic carbocycles. The first kappa shape index (κ1) is 16.0. The molecule has 6 nitrogen and oxygen atoms in total. The maximum atomic E-state index is 12.5. The van der Waals surface area contributed by atoms with Crippen LogP contribution in [0.25, 0.3) is 22.2 Å². The van der Waals surface area contributed by atoms with Gasteiger partial charge < -0.3 is 15.5 Å². The number of hydrogen-bond acceptors (Lipinski definition) is 6. The summed E-state index contributed by atoms with van der Waals surface area (Å²) in [6.45, 7) is 0. The van der Waals surface area contributed by atoms with E-state index in [0.29, 0.717) is 21.8 Å². The molecule has 0 bridgehead atoms. The van der Waals surface area contributed by atoms with Crippen molar-refractivity contribution in [2.45, 2.75) is 0 Å². The third kappa shape index (κ3) is 3.07. The second kappa shape index (κ2) is 6.45. The van der Waals surface area contributed by atoms with E-state index in [4.69, 9.17) is 10.2 Å². The minimum absolute atomic E-state index is 0.0491. The minimum Gasteiger partial charge on any atom is -0.422 e. The molecule has 26 heavy (non-hydrogen) atoms. The Morgan fingerprint density at radius 1 is 1.12 bits per heavy atom. The van der Waals surface area contributed by atoms with Crippen molar-refractivity contribution in [3.63, 3.8) is 0 Å². The van der Waals surface area contributed by atoms with Crippen LogP contribution in [0.3, 0.4) is 0 Å². The smallest absolute Gasteiger partial charge is 0.349 e. The maximum absolute atomic E-state index is 12.5. The lowest BCUT2D eigenvalue weighted by Gasteiger charge is -2.06. The first-order valence-corrected chi connectivity index (χ1v) is 8.64. The lowest BCUT2D eigenvalue weighted by molar-refractivity contribution is 0.102. The molecule has 2 aromatic carbocycles. The summed E-state index contributed by atoms with van der Waals surface area (Å²) in [6, 6.07) is 15.7. The summed E-state index contributed by atoms with van der Waals surface area (Å²) in [5.74, 6) is -0.528. The molecule has 0 unspecified atom stereocenters. The molecular weight excluding hydrogens is 350 g/mol. The van der Waals surface area contributed by atoms with Gasteiger partial charge in [-0.05, 0) is 24.3 Å². The second-order valence-electron chi connectivity index (χ2n) is 5.59. The summed E-state index contributed by atoms with van der Waals surface area (Å²) >= 11 is 1.34. The number of benzene rings is 2. The highest BCUT2D eigenvalue weighted by atomic mass is 32.1. The van der Waals surface area contributed by atoms with Crippen LogP contribution >= 0.6 is 11.3 Å². The molecule has 4 aromatic rings. The van der Waals surface area contributed by atoms with Gasteiger partial charge in [0.1, 0.15) is 11.1 Å². The van der Waals surface area contributed by atoms with E-state index in [1.807, 2.05) is 17.5 Å². The number of amides is 1. The molecule has 0 aliphatic heterocycles. The van der Waals surface area contributed by atoms with Gasteiger partial charge in [-0.25, -0.2) is 9.78 Å². The Bertz CT molecular complexity index is 1180. The van der Waals surface area contributed by atoms with Crippen LogP contribution in [0, 0.1) is 0 Å². The Kier molecular flexibility index (Phi) is 3.98. The van der Waals surface area contributed by atoms with E-state index in [9.17, 15) is 9.59 Å². The van der Waals surface area contributed by atoms with Crippen LogP contribution in [0.1, 0.15) is 10.4 Å². The van der Waals surface area contributed by atoms with Crippen molar-refractivity contribution in [1.29, 1.82) is 0 Å². The molecule has 0 fully saturated rings. The van der Waals surface area contributed by atoms with Crippen molar-refractivity contribution >= 4 is 39.0 Å². The number of carbonyl (C=O) groups is 1. The maximum Gasteiger partial charge on any atom is 0.349 e. The predicted octanol–water partition coefficient (Wildman–Crippen LogP) is 3.75. The van der Waals surface area contributed by atoms with Crippen LogP contribution in [0.5, 0.6) is 0 Å². The summed E-state index contributed by atoms with van der Waals surface area (Å²) in [7, 11) is 0. The van der Waals surface area contributed by atoms with Gasteiger partial charge >= 0.3 is 5.63 Å². The van der Waals surface area contributed by atoms with Crippen molar-refractivity contribution in [2.24, 2.45) is 0 Å². The quantitative estimate of drug-likeness (QED) is 0.540. The number of nitrogens with two attached hydrogens (primary N) is 1. The number of hydrogen-bond donors (Lipinski definition) is 2. The summed E-state index contributed by atoms with van der Waals surface area (Å²) < 4.78 is 5.21. The molecule has 7 heteroatoms. The van der Waals surface area contributed by atoms with Gasteiger partial charge in [0.2, 0.25) is 0 Å². The minimum atomic E-state index is -0.676. The van der Waals surface area contributed by atoms with E-state index in [2.05, 4.69) is 10.3 Å². The molecule has 0 saturated heterocycles. The van der Waals surface area contributed by atoms with E-state index < -0.39 is 11.5 Å². The van der Waals surface area contributed by atoms with Gasteiger partial charge in [0, 0.05) is 22.0 Å². The van der Waals surface area contributed by atoms with Crippen molar-refractivity contribution in [3.05, 3.63) is 76.0 Å². The van der Waals surface area contributed by atoms with E-state index in [1.165, 1.54) is 17.4 Å². The first-order valence-electron chi connectivity index (χ1n) is 7.76. The normalized spacial score (nSPS) is 10.8. The predicted molar refractivity (Wildman–Crippen MR) is 102 cm³/mol. The first-order chi connectivity index (χ1) is 12.6. The lowest BCUT2D eigenvalue weighted by Crippen LogP contribution is -2.20. The Hall–Kier alpha value is -3.45. The molecule has 0 spiro atoms. The number of aromatic nitrogens is 1. The number of fused-ring (bicyclic) bond motifs is 1. The number of nitrogen functional groups attached to an aromatic ring is 1. The van der Waals surface area contributed by atoms with Gasteiger partial charge in [0.05, 0.1) is 5.69 Å². The lowest BCUT2D eigenvalue weighted by atomic mass is 10.1. The summed E-state index contributed by atoms with van der Waals surface area (Å²) in [4.78, 5) is 28.9. The van der Waals surface area contributed by atoms with Crippen LogP contribution in [-0.2, 0) is 0 Å². The Labute approximate surface area is 151 Å². The fraction of sp³-hybridized carbons (Fsp3) is 0. The Morgan fingerprint density at radius 2 is 1.96 bits per heavy atom. The van der Waals surface area contributed by atoms with E-state index in [0.717, 1.165) is 11.3 Å². The van der Waals surface area contributed by atoms with Gasteiger partial charge in [0.25, 0.3) is 5.91 Å². The zero-order chi connectivity index (χ0) is 18.1. The third-order valence-corrected chi connectivity index (χ3v) is 4.50. The molecule has 3 N–H and O–H groups in total. The van der Waals surface area contributed by atoms with Crippen LogP contribution in [0.15, 0.2) is 69.2 Å². The number of nitrogens with one attached hydrogen (secondary N) is 1. The number of rotatable bonds is 3. The van der Waals surface area contributed by atoms with Crippen LogP contribution < -0.4 is 16.7 Å². The van der Waals surface area contributed by atoms with E-state index in [-0.39, 0.29) is 5.56 Å². The zero-order valence-corrected chi connectivity index (χ0v) is 14.2. The fourth-order valence-electron chi connectivity index (χ4n) is 2.60. The number of carbonyl (C=O) groups excluding carboxylic acids is 1.